The molecular formula is C37H42Cl4N6O10Sn. The summed E-state index contributed by atoms with van der Waals surface area (Å²) in [7, 11) is 9.87. The van der Waals surface area contributed by atoms with Crippen molar-refractivity contribution in [1.29, 1.82) is 0 Å². The summed E-state index contributed by atoms with van der Waals surface area (Å²) in [6.07, 6.45) is -0.00686. The van der Waals surface area contributed by atoms with Crippen LogP contribution in [0.25, 0.3) is 22.9 Å². The van der Waals surface area contributed by atoms with Crippen molar-refractivity contribution in [1.82, 2.24) is 19.6 Å². The molecule has 0 amide bonds. The Balaban J connectivity index is 0.000000519. The van der Waals surface area contributed by atoms with E-state index in [2.05, 4.69) is 10.2 Å². The molecule has 16 nitrogen and oxygen atoms in total. The van der Waals surface area contributed by atoms with Crippen molar-refractivity contribution in [3.05, 3.63) is 137 Å². The summed E-state index contributed by atoms with van der Waals surface area (Å²) in [5, 5.41) is 19.9. The molecule has 58 heavy (non-hydrogen) atoms. The first-order valence-corrected chi connectivity index (χ1v) is 24.3. The Hall–Kier alpha value is -4.56. The third-order valence-electron chi connectivity index (χ3n) is 7.09. The molecule has 6 aromatic rings. The van der Waals surface area contributed by atoms with Crippen LogP contribution in [-0.4, -0.2) is 66.5 Å². The summed E-state index contributed by atoms with van der Waals surface area (Å²) in [6, 6.07) is 23.2. The van der Waals surface area contributed by atoms with Crippen molar-refractivity contribution >= 4 is 71.3 Å². The maximum atomic E-state index is 12.1. The van der Waals surface area contributed by atoms with Crippen LogP contribution in [0.2, 0.25) is 10.0 Å². The second-order valence-corrected chi connectivity index (χ2v) is 17.1. The van der Waals surface area contributed by atoms with E-state index in [1.54, 1.807) is 60.7 Å². The molecule has 2 heterocycles. The Morgan fingerprint density at radius 3 is 1.41 bits per heavy atom. The molecule has 0 aliphatic rings. The first-order chi connectivity index (χ1) is 26.2. The number of nitro benzene ring substituents is 1. The molecule has 0 aliphatic heterocycles. The number of benzene rings is 4. The second kappa shape index (κ2) is 24.4. The number of ether oxygens (including phenoxy) is 2. The van der Waals surface area contributed by atoms with Gasteiger partial charge in [-0.2, -0.15) is 9.36 Å². The van der Waals surface area contributed by atoms with Gasteiger partial charge in [0.15, 0.2) is 0 Å². The van der Waals surface area contributed by atoms with E-state index in [0.717, 1.165) is 10.2 Å². The third kappa shape index (κ3) is 15.0. The number of aromatic nitrogens is 4. The van der Waals surface area contributed by atoms with Gasteiger partial charge < -0.3 is 35.0 Å². The van der Waals surface area contributed by atoms with Crippen LogP contribution < -0.4 is 26.7 Å². The van der Waals surface area contributed by atoms with E-state index in [4.69, 9.17) is 65.1 Å². The number of rotatable bonds is 11. The van der Waals surface area contributed by atoms with E-state index in [1.807, 2.05) is 39.8 Å². The van der Waals surface area contributed by atoms with E-state index in [-0.39, 0.29) is 54.6 Å². The minimum atomic E-state index is -0.826. The summed E-state index contributed by atoms with van der Waals surface area (Å²) < 4.78 is 24.0. The molecule has 0 bridgehead atoms. The number of nitro groups is 1. The van der Waals surface area contributed by atoms with Crippen LogP contribution in [0.1, 0.15) is 46.2 Å². The molecule has 0 saturated heterocycles. The number of halogens is 4. The van der Waals surface area contributed by atoms with Crippen LogP contribution in [0, 0.1) is 10.1 Å². The Labute approximate surface area is 360 Å². The molecule has 0 spiro atoms. The van der Waals surface area contributed by atoms with E-state index in [1.165, 1.54) is 16.8 Å². The van der Waals surface area contributed by atoms with Gasteiger partial charge in [0.25, 0.3) is 5.69 Å². The van der Waals surface area contributed by atoms with Gasteiger partial charge in [-0.3, -0.25) is 10.1 Å². The molecule has 4 aromatic carbocycles. The number of nitrogens with zero attached hydrogens (tertiary/aromatic N) is 5. The molecule has 0 saturated carbocycles. The van der Waals surface area contributed by atoms with Gasteiger partial charge in [-0.15, -0.1) is 10.2 Å². The van der Waals surface area contributed by atoms with Gasteiger partial charge in [-0.1, -0.05) is 54.9 Å². The molecule has 2 radical (unpaired) electrons. The van der Waals surface area contributed by atoms with Gasteiger partial charge in [0.1, 0.15) is 11.5 Å². The zero-order valence-electron chi connectivity index (χ0n) is 30.7. The number of non-ortho nitro benzene ring substituents is 1. The third-order valence-corrected chi connectivity index (χ3v) is 7.68. The van der Waals surface area contributed by atoms with Crippen molar-refractivity contribution in [2.24, 2.45) is 0 Å². The molecular weight excluding hydrogens is 949 g/mol. The van der Waals surface area contributed by atoms with E-state index in [0.29, 0.717) is 50.5 Å². The average Bonchev–Trinajstić information content (AvgIpc) is 3.69. The van der Waals surface area contributed by atoms with Gasteiger partial charge >= 0.3 is 48.2 Å². The van der Waals surface area contributed by atoms with Crippen LogP contribution in [0.4, 0.5) is 11.4 Å². The fraction of sp³-hybridized carbons (Fsp3) is 0.243. The zero-order chi connectivity index (χ0) is 40.2. The van der Waals surface area contributed by atoms with Crippen molar-refractivity contribution in [2.75, 3.05) is 5.73 Å². The summed E-state index contributed by atoms with van der Waals surface area (Å²) >= 11 is 11.6. The van der Waals surface area contributed by atoms with Crippen LogP contribution in [0.5, 0.6) is 11.5 Å². The molecule has 2 aromatic heterocycles. The number of anilines is 1. The van der Waals surface area contributed by atoms with Crippen LogP contribution in [0.15, 0.2) is 103 Å². The minimum absolute atomic E-state index is 0. The number of nitrogens with two attached hydrogens (primary N) is 1. The number of hydrogen-bond acceptors (Lipinski definition) is 11. The Morgan fingerprint density at radius 2 is 1.09 bits per heavy atom. The first-order valence-electron chi connectivity index (χ1n) is 16.3. The van der Waals surface area contributed by atoms with Crippen molar-refractivity contribution in [2.45, 2.75) is 60.4 Å². The van der Waals surface area contributed by atoms with Gasteiger partial charge in [0.2, 0.25) is 11.8 Å². The van der Waals surface area contributed by atoms with Crippen LogP contribution in [-0.2, 0) is 13.1 Å². The van der Waals surface area contributed by atoms with Gasteiger partial charge in [-0.25, -0.2) is 9.59 Å². The number of nitrogen functional groups attached to an aromatic ring is 1. The number of hydrogen-bond donors (Lipinski definition) is 1. The van der Waals surface area contributed by atoms with Gasteiger partial charge in [0.05, 0.1) is 40.3 Å². The van der Waals surface area contributed by atoms with Crippen molar-refractivity contribution in [3.8, 4) is 34.4 Å². The topological polar surface area (TPSA) is 247 Å². The zero-order valence-corrected chi connectivity index (χ0v) is 36.6. The van der Waals surface area contributed by atoms with Gasteiger partial charge in [0, 0.05) is 28.9 Å². The quantitative estimate of drug-likeness (QED) is 0.0577. The Morgan fingerprint density at radius 1 is 0.724 bits per heavy atom. The summed E-state index contributed by atoms with van der Waals surface area (Å²) in [6.45, 7) is 8.05. The normalized spacial score (nSPS) is 10.2. The second-order valence-electron chi connectivity index (χ2n) is 12.0. The molecule has 0 atom stereocenters. The molecule has 21 heteroatoms. The molecule has 0 unspecified atom stereocenters. The average molecular weight is 991 g/mol. The molecule has 0 aliphatic carbocycles. The molecule has 312 valence electrons. The van der Waals surface area contributed by atoms with E-state index < -0.39 is 35.3 Å². The SMILES string of the molecule is C.CC(C)Oc1ccc(-c2nn(Cc3ccc(N)cc3)c(=O)o2)cc1Cl.CC(C)Oc1ccc(-c2nn(Cc3ccc([N+](=O)[O-])cc3)c(=O)o2)cc1Cl.O.O.[Cl][Sn][Cl]. The molecule has 0 fully saturated rings. The monoisotopic (exact) mass is 990 g/mol. The standard InChI is InChI=1S/C18H16ClN3O5.C18H18ClN3O3.CH4.2ClH.2H2O.Sn/c1-11(2)26-16-8-5-13(9-15(16)19)17-20-21(18(23)27-17)10-12-3-6-14(7-4-12)22(24)25;1-11(2)24-16-8-5-13(9-15(16)19)17-21-22(18(23)25-17)10-12-3-6-14(20)7-4-12;;;;;;/h3-9,11H,10H2,1-2H3;3-9,11H,10,20H2,1-2H3;1H4;2*1H;2*1H2;/q;;;;;;;+2/p-2. The van der Waals surface area contributed by atoms with E-state index in [9.17, 15) is 19.7 Å². The predicted molar refractivity (Wildman–Crippen MR) is 228 cm³/mol. The Kier molecular flexibility index (Phi) is 21.6. The summed E-state index contributed by atoms with van der Waals surface area (Å²) in [5.41, 5.74) is 9.02. The fourth-order valence-corrected chi connectivity index (χ4v) is 5.15. The summed E-state index contributed by atoms with van der Waals surface area (Å²) in [4.78, 5) is 34.3. The maximum absolute atomic E-state index is 12.1. The Bertz CT molecular complexity index is 2320. The van der Waals surface area contributed by atoms with Crippen molar-refractivity contribution in [3.63, 3.8) is 0 Å². The van der Waals surface area contributed by atoms with Crippen LogP contribution in [0.3, 0.4) is 0 Å². The summed E-state index contributed by atoms with van der Waals surface area (Å²) in [5.74, 6) is 0.262. The molecule has 6 N–H and O–H groups in total. The first kappa shape index (κ1) is 51.5. The van der Waals surface area contributed by atoms with Gasteiger partial charge in [-0.05, 0) is 87.4 Å². The van der Waals surface area contributed by atoms with Crippen LogP contribution >= 0.6 is 41.0 Å². The van der Waals surface area contributed by atoms with E-state index >= 15 is 0 Å². The van der Waals surface area contributed by atoms with Crippen molar-refractivity contribution < 1.29 is 34.2 Å². The molecule has 6 rings (SSSR count). The predicted octanol–water partition coefficient (Wildman–Crippen LogP) is 7.46. The fourth-order valence-electron chi connectivity index (χ4n) is 4.70.